The van der Waals surface area contributed by atoms with Crippen LogP contribution >= 0.6 is 11.3 Å². The van der Waals surface area contributed by atoms with Crippen molar-refractivity contribution in [2.45, 2.75) is 0 Å². The zero-order valence-corrected chi connectivity index (χ0v) is 15.2. The van der Waals surface area contributed by atoms with Crippen LogP contribution in [0, 0.1) is 20.2 Å². The number of hydrogen-bond acceptors (Lipinski definition) is 8. The number of amides is 1. The van der Waals surface area contributed by atoms with Crippen LogP contribution in [-0.4, -0.2) is 20.7 Å². The second-order valence-corrected chi connectivity index (χ2v) is 6.88. The summed E-state index contributed by atoms with van der Waals surface area (Å²) in [7, 11) is 0. The number of nitrogens with zero attached hydrogens (tertiary/aromatic N) is 3. The highest BCUT2D eigenvalue weighted by molar-refractivity contribution is 7.22. The lowest BCUT2D eigenvalue weighted by Crippen LogP contribution is -2.10. The number of hydrogen-bond donors (Lipinski definition) is 1. The zero-order chi connectivity index (χ0) is 20.5. The topological polar surface area (TPSA) is 141 Å². The molecule has 0 aliphatic rings. The molecule has 29 heavy (non-hydrogen) atoms. The number of rotatable bonds is 5. The van der Waals surface area contributed by atoms with Gasteiger partial charge >= 0.3 is 0 Å². The summed E-state index contributed by atoms with van der Waals surface area (Å²) < 4.78 is 6.08. The fourth-order valence-electron chi connectivity index (χ4n) is 2.63. The van der Waals surface area contributed by atoms with Gasteiger partial charge in [0.1, 0.15) is 5.76 Å². The Bertz CT molecular complexity index is 1280. The number of carbonyl (C=O) groups is 1. The first-order chi connectivity index (χ1) is 13.9. The molecule has 1 N–H and O–H groups in total. The van der Waals surface area contributed by atoms with Crippen molar-refractivity contribution in [1.82, 2.24) is 4.98 Å². The molecule has 11 heteroatoms. The Morgan fingerprint density at radius 2 is 1.76 bits per heavy atom. The maximum atomic E-state index is 12.4. The van der Waals surface area contributed by atoms with Crippen molar-refractivity contribution in [2.24, 2.45) is 0 Å². The first-order valence-corrected chi connectivity index (χ1v) is 8.93. The van der Waals surface area contributed by atoms with Crippen molar-refractivity contribution in [3.05, 3.63) is 80.6 Å². The minimum Gasteiger partial charge on any atom is -0.451 e. The Morgan fingerprint density at radius 1 is 1.00 bits per heavy atom. The van der Waals surface area contributed by atoms with Crippen LogP contribution in [-0.2, 0) is 0 Å². The fraction of sp³-hybridized carbons (Fsp3) is 0. The van der Waals surface area contributed by atoms with Gasteiger partial charge in [-0.25, -0.2) is 4.98 Å². The van der Waals surface area contributed by atoms with Gasteiger partial charge in [0.2, 0.25) is 0 Å². The van der Waals surface area contributed by atoms with Gasteiger partial charge in [0.05, 0.1) is 20.1 Å². The van der Waals surface area contributed by atoms with Crippen molar-refractivity contribution in [3.63, 3.8) is 0 Å². The number of carbonyl (C=O) groups excluding carboxylic acids is 1. The molecule has 0 bridgehead atoms. The highest BCUT2D eigenvalue weighted by atomic mass is 32.1. The van der Waals surface area contributed by atoms with Gasteiger partial charge in [-0.15, -0.1) is 0 Å². The van der Waals surface area contributed by atoms with E-state index in [0.29, 0.717) is 21.5 Å². The number of non-ortho nitro benzene ring substituents is 2. The molecule has 0 fully saturated rings. The van der Waals surface area contributed by atoms with Gasteiger partial charge in [-0.3, -0.25) is 30.3 Å². The summed E-state index contributed by atoms with van der Waals surface area (Å²) >= 11 is 1.10. The molecule has 2 aromatic carbocycles. The summed E-state index contributed by atoms with van der Waals surface area (Å²) in [6, 6.07) is 13.1. The van der Waals surface area contributed by atoms with Gasteiger partial charge in [-0.05, 0) is 18.2 Å². The van der Waals surface area contributed by atoms with E-state index in [0.717, 1.165) is 11.3 Å². The molecule has 144 valence electrons. The number of nitro groups is 2. The van der Waals surface area contributed by atoms with E-state index in [1.54, 1.807) is 6.07 Å². The van der Waals surface area contributed by atoms with Crippen LogP contribution in [0.25, 0.3) is 21.5 Å². The van der Waals surface area contributed by atoms with E-state index in [1.165, 1.54) is 48.5 Å². The molecular weight excluding hydrogens is 400 g/mol. The Balaban J connectivity index is 1.55. The smallest absolute Gasteiger partial charge is 0.293 e. The van der Waals surface area contributed by atoms with Crippen molar-refractivity contribution in [3.8, 4) is 11.3 Å². The van der Waals surface area contributed by atoms with E-state index in [1.807, 2.05) is 0 Å². The molecule has 4 aromatic rings. The number of nitrogens with one attached hydrogen (secondary N) is 1. The van der Waals surface area contributed by atoms with E-state index in [9.17, 15) is 25.0 Å². The van der Waals surface area contributed by atoms with E-state index >= 15 is 0 Å². The lowest BCUT2D eigenvalue weighted by Gasteiger charge is -1.99. The number of nitro benzene ring substituents is 2. The quantitative estimate of drug-likeness (QED) is 0.373. The molecule has 4 rings (SSSR count). The normalized spacial score (nSPS) is 10.8. The molecule has 1 amide bonds. The molecule has 10 nitrogen and oxygen atoms in total. The average molecular weight is 410 g/mol. The van der Waals surface area contributed by atoms with Crippen LogP contribution in [0.3, 0.4) is 0 Å². The molecule has 2 heterocycles. The minimum absolute atomic E-state index is 0.00302. The Labute approximate surface area is 165 Å². The van der Waals surface area contributed by atoms with Gasteiger partial charge in [0.15, 0.2) is 10.9 Å². The van der Waals surface area contributed by atoms with Gasteiger partial charge < -0.3 is 4.42 Å². The van der Waals surface area contributed by atoms with E-state index in [2.05, 4.69) is 10.3 Å². The third-order valence-electron chi connectivity index (χ3n) is 3.97. The number of anilines is 1. The highest BCUT2D eigenvalue weighted by Crippen LogP contribution is 2.30. The third-order valence-corrected chi connectivity index (χ3v) is 4.91. The van der Waals surface area contributed by atoms with Crippen LogP contribution in [0.4, 0.5) is 16.5 Å². The van der Waals surface area contributed by atoms with E-state index in [-0.39, 0.29) is 22.3 Å². The first-order valence-electron chi connectivity index (χ1n) is 8.12. The van der Waals surface area contributed by atoms with Crippen molar-refractivity contribution in [1.29, 1.82) is 0 Å². The van der Waals surface area contributed by atoms with Crippen LogP contribution in [0.1, 0.15) is 10.6 Å². The molecule has 0 spiro atoms. The van der Waals surface area contributed by atoms with Crippen molar-refractivity contribution < 1.29 is 19.1 Å². The van der Waals surface area contributed by atoms with E-state index < -0.39 is 15.8 Å². The Morgan fingerprint density at radius 3 is 2.52 bits per heavy atom. The predicted octanol–water partition coefficient (Wildman–Crippen LogP) is 4.63. The lowest BCUT2D eigenvalue weighted by atomic mass is 10.1. The zero-order valence-electron chi connectivity index (χ0n) is 14.4. The monoisotopic (exact) mass is 410 g/mol. The molecule has 2 aromatic heterocycles. The number of aromatic nitrogens is 1. The largest absolute Gasteiger partial charge is 0.451 e. The standard InChI is InChI=1S/C18H10N4O6S/c23-17(20-18-19-13-5-4-12(22(26)27)9-16(13)29-18)15-7-6-14(28-15)10-2-1-3-11(8-10)21(24)25/h1-9H,(H,19,20,23). The van der Waals surface area contributed by atoms with Gasteiger partial charge in [0, 0.05) is 29.8 Å². The maximum absolute atomic E-state index is 12.4. The van der Waals surface area contributed by atoms with Crippen molar-refractivity contribution >= 4 is 44.0 Å². The molecule has 0 radical (unpaired) electrons. The molecule has 0 saturated carbocycles. The van der Waals surface area contributed by atoms with Crippen LogP contribution in [0.2, 0.25) is 0 Å². The van der Waals surface area contributed by atoms with Crippen LogP contribution in [0.15, 0.2) is 59.0 Å². The Kier molecular flexibility index (Phi) is 4.49. The minimum atomic E-state index is -0.560. The summed E-state index contributed by atoms with van der Waals surface area (Å²) in [5.74, 6) is -0.259. The second-order valence-electron chi connectivity index (χ2n) is 5.85. The predicted molar refractivity (Wildman–Crippen MR) is 105 cm³/mol. The van der Waals surface area contributed by atoms with Crippen molar-refractivity contribution in [2.75, 3.05) is 5.32 Å². The maximum Gasteiger partial charge on any atom is 0.293 e. The number of furan rings is 1. The molecule has 0 unspecified atom stereocenters. The second kappa shape index (κ2) is 7.13. The average Bonchev–Trinajstić information content (AvgIpc) is 3.34. The highest BCUT2D eigenvalue weighted by Gasteiger charge is 2.17. The summed E-state index contributed by atoms with van der Waals surface area (Å²) in [6.07, 6.45) is 0. The third kappa shape index (κ3) is 3.66. The molecule has 0 saturated heterocycles. The molecule has 0 atom stereocenters. The first kappa shape index (κ1) is 18.3. The molecule has 0 aliphatic carbocycles. The van der Waals surface area contributed by atoms with Crippen LogP contribution < -0.4 is 5.32 Å². The number of benzene rings is 2. The summed E-state index contributed by atoms with van der Waals surface area (Å²) in [4.78, 5) is 37.4. The summed E-state index contributed by atoms with van der Waals surface area (Å²) in [6.45, 7) is 0. The number of fused-ring (bicyclic) bond motifs is 1. The lowest BCUT2D eigenvalue weighted by molar-refractivity contribution is -0.384. The molecule has 0 aliphatic heterocycles. The summed E-state index contributed by atoms with van der Waals surface area (Å²) in [5.41, 5.74) is 0.832. The fourth-order valence-corrected chi connectivity index (χ4v) is 3.52. The number of thiazole rings is 1. The van der Waals surface area contributed by atoms with Gasteiger partial charge in [-0.1, -0.05) is 23.5 Å². The molecular formula is C18H10N4O6S. The van der Waals surface area contributed by atoms with Crippen LogP contribution in [0.5, 0.6) is 0 Å². The SMILES string of the molecule is O=C(Nc1nc2ccc([N+](=O)[O-])cc2s1)c1ccc(-c2cccc([N+](=O)[O-])c2)o1. The van der Waals surface area contributed by atoms with Gasteiger partial charge in [0.25, 0.3) is 17.3 Å². The summed E-state index contributed by atoms with van der Waals surface area (Å²) in [5, 5.41) is 24.6. The Hall–Kier alpha value is -4.12. The van der Waals surface area contributed by atoms with E-state index in [4.69, 9.17) is 4.42 Å². The van der Waals surface area contributed by atoms with Gasteiger partial charge in [-0.2, -0.15) is 0 Å².